The van der Waals surface area contributed by atoms with E-state index in [1.165, 1.54) is 12.8 Å². The first-order valence-electron chi connectivity index (χ1n) is 7.36. The highest BCUT2D eigenvalue weighted by atomic mass is 16.5. The molecule has 2 heterocycles. The van der Waals surface area contributed by atoms with Gasteiger partial charge in [-0.05, 0) is 44.7 Å². The highest BCUT2D eigenvalue weighted by Crippen LogP contribution is 2.17. The lowest BCUT2D eigenvalue weighted by molar-refractivity contribution is 0.0595. The maximum absolute atomic E-state index is 5.49. The van der Waals surface area contributed by atoms with Gasteiger partial charge in [0, 0.05) is 26.2 Å². The van der Waals surface area contributed by atoms with Crippen LogP contribution in [0.1, 0.15) is 26.7 Å². The zero-order chi connectivity index (χ0) is 13.5. The summed E-state index contributed by atoms with van der Waals surface area (Å²) in [4.78, 5) is 6.77. The summed E-state index contributed by atoms with van der Waals surface area (Å²) in [6.45, 7) is 9.09. The van der Waals surface area contributed by atoms with Crippen molar-refractivity contribution in [3.63, 3.8) is 0 Å². The minimum atomic E-state index is 0.635. The second-order valence-electron chi connectivity index (χ2n) is 5.04. The van der Waals surface area contributed by atoms with E-state index in [9.17, 15) is 0 Å². The summed E-state index contributed by atoms with van der Waals surface area (Å²) < 4.78 is 5.49. The monoisotopic (exact) mass is 263 g/mol. The Hall–Kier alpha value is -1.29. The highest BCUT2D eigenvalue weighted by molar-refractivity contribution is 5.48. The van der Waals surface area contributed by atoms with Crippen molar-refractivity contribution < 1.29 is 4.74 Å². The average Bonchev–Trinajstić information content (AvgIpc) is 2.49. The number of nitrogens with one attached hydrogen (secondary N) is 1. The predicted molar refractivity (Wildman–Crippen MR) is 79.8 cm³/mol. The fraction of sp³-hybridized carbons (Fsp3) is 0.667. The molecule has 4 heteroatoms. The Morgan fingerprint density at radius 1 is 1.37 bits per heavy atom. The molecule has 0 aromatic carbocycles. The van der Waals surface area contributed by atoms with Crippen molar-refractivity contribution >= 4 is 11.5 Å². The zero-order valence-corrected chi connectivity index (χ0v) is 12.1. The van der Waals surface area contributed by atoms with E-state index in [4.69, 9.17) is 4.74 Å². The van der Waals surface area contributed by atoms with Crippen molar-refractivity contribution in [3.8, 4) is 0 Å². The third-order valence-electron chi connectivity index (χ3n) is 3.68. The van der Waals surface area contributed by atoms with Gasteiger partial charge in [-0.15, -0.1) is 0 Å². The van der Waals surface area contributed by atoms with Crippen LogP contribution in [0.2, 0.25) is 0 Å². The van der Waals surface area contributed by atoms with E-state index in [2.05, 4.69) is 41.2 Å². The van der Waals surface area contributed by atoms with Gasteiger partial charge in [-0.25, -0.2) is 4.98 Å². The molecule has 1 aromatic rings. The standard InChI is InChI=1S/C15H25N3O/c1-3-18(4-2)15-8-7-14(11-17-15)16-10-13-6-5-9-19-12-13/h7-8,11,13,16H,3-6,9-10,12H2,1-2H3. The molecule has 0 saturated carbocycles. The number of pyridine rings is 1. The fourth-order valence-corrected chi connectivity index (χ4v) is 2.46. The van der Waals surface area contributed by atoms with Crippen molar-refractivity contribution in [2.45, 2.75) is 26.7 Å². The summed E-state index contributed by atoms with van der Waals surface area (Å²) in [5, 5.41) is 3.46. The van der Waals surface area contributed by atoms with Gasteiger partial charge < -0.3 is 15.0 Å². The van der Waals surface area contributed by atoms with E-state index in [0.717, 1.165) is 44.4 Å². The van der Waals surface area contributed by atoms with Gasteiger partial charge in [-0.2, -0.15) is 0 Å². The number of rotatable bonds is 6. The van der Waals surface area contributed by atoms with Gasteiger partial charge in [0.15, 0.2) is 0 Å². The quantitative estimate of drug-likeness (QED) is 0.856. The van der Waals surface area contributed by atoms with Crippen LogP contribution in [-0.4, -0.2) is 37.8 Å². The van der Waals surface area contributed by atoms with E-state index < -0.39 is 0 Å². The third kappa shape index (κ3) is 4.10. The van der Waals surface area contributed by atoms with Gasteiger partial charge in [0.2, 0.25) is 0 Å². The zero-order valence-electron chi connectivity index (χ0n) is 12.1. The number of nitrogens with zero attached hydrogens (tertiary/aromatic N) is 2. The maximum Gasteiger partial charge on any atom is 0.128 e. The second-order valence-corrected chi connectivity index (χ2v) is 5.04. The average molecular weight is 263 g/mol. The molecule has 1 fully saturated rings. The molecule has 1 aliphatic heterocycles. The largest absolute Gasteiger partial charge is 0.383 e. The molecule has 0 spiro atoms. The molecule has 1 atom stereocenters. The Balaban J connectivity index is 1.84. The van der Waals surface area contributed by atoms with Crippen LogP contribution in [0.3, 0.4) is 0 Å². The Bertz CT molecular complexity index is 356. The van der Waals surface area contributed by atoms with Crippen LogP contribution in [0, 0.1) is 5.92 Å². The predicted octanol–water partition coefficient (Wildman–Crippen LogP) is 2.77. The third-order valence-corrected chi connectivity index (χ3v) is 3.68. The van der Waals surface area contributed by atoms with Crippen LogP contribution >= 0.6 is 0 Å². The Labute approximate surface area is 116 Å². The lowest BCUT2D eigenvalue weighted by Gasteiger charge is -2.23. The van der Waals surface area contributed by atoms with Crippen LogP contribution in [0.15, 0.2) is 18.3 Å². The van der Waals surface area contributed by atoms with Crippen molar-refractivity contribution in [1.29, 1.82) is 0 Å². The molecule has 1 saturated heterocycles. The summed E-state index contributed by atoms with van der Waals surface area (Å²) >= 11 is 0. The van der Waals surface area contributed by atoms with Crippen LogP contribution in [0.25, 0.3) is 0 Å². The van der Waals surface area contributed by atoms with Gasteiger partial charge in [0.25, 0.3) is 0 Å². The van der Waals surface area contributed by atoms with Crippen molar-refractivity contribution in [1.82, 2.24) is 4.98 Å². The van der Waals surface area contributed by atoms with Gasteiger partial charge in [0.1, 0.15) is 5.82 Å². The van der Waals surface area contributed by atoms with Crippen molar-refractivity contribution in [2.75, 3.05) is 43.1 Å². The van der Waals surface area contributed by atoms with Crippen LogP contribution in [0.5, 0.6) is 0 Å². The van der Waals surface area contributed by atoms with Crippen molar-refractivity contribution in [3.05, 3.63) is 18.3 Å². The highest BCUT2D eigenvalue weighted by Gasteiger charge is 2.13. The Morgan fingerprint density at radius 3 is 2.79 bits per heavy atom. The van der Waals surface area contributed by atoms with Crippen LogP contribution in [-0.2, 0) is 4.74 Å². The first kappa shape index (κ1) is 14.1. The second kappa shape index (κ2) is 7.34. The summed E-state index contributed by atoms with van der Waals surface area (Å²) in [6, 6.07) is 4.21. The number of aromatic nitrogens is 1. The van der Waals surface area contributed by atoms with E-state index in [1.54, 1.807) is 0 Å². The van der Waals surface area contributed by atoms with Gasteiger partial charge in [0.05, 0.1) is 18.5 Å². The summed E-state index contributed by atoms with van der Waals surface area (Å²) in [7, 11) is 0. The molecule has 2 rings (SSSR count). The first-order chi connectivity index (χ1) is 9.33. The first-order valence-corrected chi connectivity index (χ1v) is 7.36. The lowest BCUT2D eigenvalue weighted by atomic mass is 10.0. The minimum Gasteiger partial charge on any atom is -0.383 e. The molecular formula is C15H25N3O. The van der Waals surface area contributed by atoms with E-state index >= 15 is 0 Å². The van der Waals surface area contributed by atoms with E-state index in [1.807, 2.05) is 6.20 Å². The van der Waals surface area contributed by atoms with Gasteiger partial charge in [-0.1, -0.05) is 0 Å². The molecule has 106 valence electrons. The normalized spacial score (nSPS) is 19.2. The molecule has 1 aliphatic rings. The summed E-state index contributed by atoms with van der Waals surface area (Å²) in [5.74, 6) is 1.69. The number of hydrogen-bond donors (Lipinski definition) is 1. The maximum atomic E-state index is 5.49. The molecule has 1 N–H and O–H groups in total. The molecular weight excluding hydrogens is 238 g/mol. The minimum absolute atomic E-state index is 0.635. The summed E-state index contributed by atoms with van der Waals surface area (Å²) in [5.41, 5.74) is 1.10. The summed E-state index contributed by atoms with van der Waals surface area (Å²) in [6.07, 6.45) is 4.38. The SMILES string of the molecule is CCN(CC)c1ccc(NCC2CCCOC2)cn1. The molecule has 0 radical (unpaired) electrons. The van der Waals surface area contributed by atoms with Crippen molar-refractivity contribution in [2.24, 2.45) is 5.92 Å². The Morgan fingerprint density at radius 2 is 2.21 bits per heavy atom. The fourth-order valence-electron chi connectivity index (χ4n) is 2.46. The van der Waals surface area contributed by atoms with Crippen LogP contribution in [0.4, 0.5) is 11.5 Å². The molecule has 0 bridgehead atoms. The smallest absolute Gasteiger partial charge is 0.128 e. The number of anilines is 2. The molecule has 4 nitrogen and oxygen atoms in total. The Kier molecular flexibility index (Phi) is 5.45. The van der Waals surface area contributed by atoms with E-state index in [-0.39, 0.29) is 0 Å². The van der Waals surface area contributed by atoms with Gasteiger partial charge in [-0.3, -0.25) is 0 Å². The molecule has 19 heavy (non-hydrogen) atoms. The molecule has 1 aromatic heterocycles. The lowest BCUT2D eigenvalue weighted by Crippen LogP contribution is -2.24. The van der Waals surface area contributed by atoms with Gasteiger partial charge >= 0.3 is 0 Å². The molecule has 1 unspecified atom stereocenters. The number of ether oxygens (including phenoxy) is 1. The van der Waals surface area contributed by atoms with Crippen LogP contribution < -0.4 is 10.2 Å². The molecule has 0 amide bonds. The topological polar surface area (TPSA) is 37.4 Å². The number of hydrogen-bond acceptors (Lipinski definition) is 4. The molecule has 0 aliphatic carbocycles. The van der Waals surface area contributed by atoms with E-state index in [0.29, 0.717) is 5.92 Å².